The van der Waals surface area contributed by atoms with Gasteiger partial charge in [0.2, 0.25) is 0 Å². The summed E-state index contributed by atoms with van der Waals surface area (Å²) in [4.78, 5) is 0. The van der Waals surface area contributed by atoms with Gasteiger partial charge in [-0.2, -0.15) is 0 Å². The molecule has 2 N–H and O–H groups in total. The molecule has 3 nitrogen and oxygen atoms in total. The minimum Gasteiger partial charge on any atom is -0.508 e. The van der Waals surface area contributed by atoms with Crippen LogP contribution in [0.4, 0.5) is 0 Å². The van der Waals surface area contributed by atoms with Crippen LogP contribution < -0.4 is 4.74 Å². The Morgan fingerprint density at radius 3 is 1.95 bits per heavy atom. The second kappa shape index (κ2) is 8.03. The van der Waals surface area contributed by atoms with Crippen molar-refractivity contribution in [2.75, 3.05) is 7.11 Å². The number of ether oxygens (including phenoxy) is 1. The molecule has 0 aromatic heterocycles. The average Bonchev–Trinajstić information content (AvgIpc) is 2.43. The van der Waals surface area contributed by atoms with Gasteiger partial charge in [-0.3, -0.25) is 0 Å². The van der Waals surface area contributed by atoms with Gasteiger partial charge < -0.3 is 14.9 Å². The van der Waals surface area contributed by atoms with Crippen LogP contribution >= 0.6 is 0 Å². The Hall–Kier alpha value is -2.16. The molecule has 0 saturated heterocycles. The first-order chi connectivity index (χ1) is 9.19. The molecule has 0 saturated carbocycles. The molecule has 0 amide bonds. The number of hydrogen-bond donors (Lipinski definition) is 2. The summed E-state index contributed by atoms with van der Waals surface area (Å²) in [5.41, 5.74) is 1.05. The standard InChI is InChI=1S/C9H12O.C7H8O2/c1-2-5-8-6-3-4-7-9(8)10;1-9-7-5-3-2-4-6(7)8/h3-4,6-7,10H,2,5H2,1H3;2-5,8H,1H3. The van der Waals surface area contributed by atoms with E-state index in [4.69, 9.17) is 9.84 Å². The van der Waals surface area contributed by atoms with Crippen LogP contribution in [0.2, 0.25) is 0 Å². The van der Waals surface area contributed by atoms with Gasteiger partial charge in [0, 0.05) is 0 Å². The van der Waals surface area contributed by atoms with Gasteiger partial charge in [0.15, 0.2) is 11.5 Å². The predicted octanol–water partition coefficient (Wildman–Crippen LogP) is 3.75. The number of methoxy groups -OCH3 is 1. The maximum Gasteiger partial charge on any atom is 0.160 e. The number of phenolic OH excluding ortho intramolecular Hbond substituents is 2. The van der Waals surface area contributed by atoms with Crippen molar-refractivity contribution in [1.29, 1.82) is 0 Å². The molecule has 0 spiro atoms. The zero-order valence-corrected chi connectivity index (χ0v) is 11.3. The molecule has 0 aliphatic heterocycles. The number of hydrogen-bond acceptors (Lipinski definition) is 3. The summed E-state index contributed by atoms with van der Waals surface area (Å²) in [6, 6.07) is 14.3. The molecular formula is C16H20O3. The van der Waals surface area contributed by atoms with Gasteiger partial charge in [0.1, 0.15) is 5.75 Å². The van der Waals surface area contributed by atoms with Gasteiger partial charge >= 0.3 is 0 Å². The monoisotopic (exact) mass is 260 g/mol. The maximum absolute atomic E-state index is 9.24. The number of aryl methyl sites for hydroxylation is 1. The predicted molar refractivity (Wildman–Crippen MR) is 76.8 cm³/mol. The summed E-state index contributed by atoms with van der Waals surface area (Å²) in [7, 11) is 1.52. The lowest BCUT2D eigenvalue weighted by Crippen LogP contribution is -1.81. The number of benzene rings is 2. The molecule has 0 heterocycles. The van der Waals surface area contributed by atoms with Gasteiger partial charge in [-0.1, -0.05) is 43.7 Å². The zero-order valence-electron chi connectivity index (χ0n) is 11.3. The Morgan fingerprint density at radius 2 is 1.47 bits per heavy atom. The van der Waals surface area contributed by atoms with E-state index in [1.54, 1.807) is 30.3 Å². The third-order valence-electron chi connectivity index (χ3n) is 2.60. The normalized spacial score (nSPS) is 9.37. The summed E-state index contributed by atoms with van der Waals surface area (Å²) in [5.74, 6) is 1.11. The second-order valence-electron chi connectivity index (χ2n) is 4.05. The van der Waals surface area contributed by atoms with Gasteiger partial charge in [-0.25, -0.2) is 0 Å². The molecular weight excluding hydrogens is 240 g/mol. The molecule has 19 heavy (non-hydrogen) atoms. The lowest BCUT2D eigenvalue weighted by molar-refractivity contribution is 0.373. The molecule has 102 valence electrons. The van der Waals surface area contributed by atoms with Crippen molar-refractivity contribution >= 4 is 0 Å². The number of para-hydroxylation sites is 3. The van der Waals surface area contributed by atoms with E-state index in [2.05, 4.69) is 6.92 Å². The van der Waals surface area contributed by atoms with Crippen molar-refractivity contribution < 1.29 is 14.9 Å². The molecule has 0 aliphatic rings. The highest BCUT2D eigenvalue weighted by atomic mass is 16.5. The van der Waals surface area contributed by atoms with Crippen molar-refractivity contribution in [2.45, 2.75) is 19.8 Å². The first-order valence-electron chi connectivity index (χ1n) is 6.27. The fourth-order valence-electron chi connectivity index (χ4n) is 1.62. The Labute approximate surface area is 114 Å². The molecule has 2 aromatic carbocycles. The highest BCUT2D eigenvalue weighted by Gasteiger charge is 1.95. The van der Waals surface area contributed by atoms with Crippen molar-refractivity contribution in [3.05, 3.63) is 54.1 Å². The SMILES string of the molecule is CCCc1ccccc1O.COc1ccccc1O. The van der Waals surface area contributed by atoms with E-state index in [0.29, 0.717) is 11.5 Å². The van der Waals surface area contributed by atoms with E-state index >= 15 is 0 Å². The summed E-state index contributed by atoms with van der Waals surface area (Å²) < 4.78 is 4.79. The van der Waals surface area contributed by atoms with E-state index in [9.17, 15) is 5.11 Å². The smallest absolute Gasteiger partial charge is 0.160 e. The summed E-state index contributed by atoms with van der Waals surface area (Å²) >= 11 is 0. The second-order valence-corrected chi connectivity index (χ2v) is 4.05. The van der Waals surface area contributed by atoms with E-state index in [1.165, 1.54) is 7.11 Å². The molecule has 2 aromatic rings. The van der Waals surface area contributed by atoms with Crippen molar-refractivity contribution in [3.63, 3.8) is 0 Å². The third kappa shape index (κ3) is 4.92. The fourth-order valence-corrected chi connectivity index (χ4v) is 1.62. The molecule has 0 fully saturated rings. The minimum atomic E-state index is 0.181. The van der Waals surface area contributed by atoms with Crippen LogP contribution in [-0.4, -0.2) is 17.3 Å². The zero-order chi connectivity index (χ0) is 14.1. The van der Waals surface area contributed by atoms with Crippen LogP contribution in [0.1, 0.15) is 18.9 Å². The largest absolute Gasteiger partial charge is 0.508 e. The Morgan fingerprint density at radius 1 is 0.895 bits per heavy atom. The van der Waals surface area contributed by atoms with Gasteiger partial charge in [-0.05, 0) is 30.2 Å². The topological polar surface area (TPSA) is 49.7 Å². The minimum absolute atomic E-state index is 0.181. The molecule has 2 rings (SSSR count). The van der Waals surface area contributed by atoms with Crippen LogP contribution in [0.3, 0.4) is 0 Å². The number of aromatic hydroxyl groups is 2. The molecule has 0 radical (unpaired) electrons. The molecule has 0 bridgehead atoms. The average molecular weight is 260 g/mol. The Balaban J connectivity index is 0.000000191. The Bertz CT molecular complexity index is 495. The van der Waals surface area contributed by atoms with E-state index in [-0.39, 0.29) is 5.75 Å². The van der Waals surface area contributed by atoms with E-state index < -0.39 is 0 Å². The number of rotatable bonds is 3. The molecule has 0 unspecified atom stereocenters. The van der Waals surface area contributed by atoms with Crippen molar-refractivity contribution in [3.8, 4) is 17.2 Å². The van der Waals surface area contributed by atoms with Crippen LogP contribution in [0.25, 0.3) is 0 Å². The van der Waals surface area contributed by atoms with Gasteiger partial charge in [0.25, 0.3) is 0 Å². The molecule has 3 heteroatoms. The summed E-state index contributed by atoms with van der Waals surface area (Å²) in [6.07, 6.45) is 2.05. The van der Waals surface area contributed by atoms with Crippen molar-refractivity contribution in [1.82, 2.24) is 0 Å². The summed E-state index contributed by atoms with van der Waals surface area (Å²) in [5, 5.41) is 18.2. The highest BCUT2D eigenvalue weighted by Crippen LogP contribution is 2.23. The first-order valence-corrected chi connectivity index (χ1v) is 6.27. The third-order valence-corrected chi connectivity index (χ3v) is 2.60. The maximum atomic E-state index is 9.24. The van der Waals surface area contributed by atoms with E-state index in [0.717, 1.165) is 18.4 Å². The molecule has 0 atom stereocenters. The first kappa shape index (κ1) is 14.9. The molecule has 0 aliphatic carbocycles. The van der Waals surface area contributed by atoms with Gasteiger partial charge in [0.05, 0.1) is 7.11 Å². The lowest BCUT2D eigenvalue weighted by Gasteiger charge is -1.99. The van der Waals surface area contributed by atoms with E-state index in [1.807, 2.05) is 18.2 Å². The Kier molecular flexibility index (Phi) is 6.30. The lowest BCUT2D eigenvalue weighted by atomic mass is 10.1. The van der Waals surface area contributed by atoms with Gasteiger partial charge in [-0.15, -0.1) is 0 Å². The van der Waals surface area contributed by atoms with Crippen LogP contribution in [0.15, 0.2) is 48.5 Å². The fraction of sp³-hybridized carbons (Fsp3) is 0.250. The van der Waals surface area contributed by atoms with Crippen LogP contribution in [-0.2, 0) is 6.42 Å². The number of phenols is 2. The summed E-state index contributed by atoms with van der Waals surface area (Å²) in [6.45, 7) is 2.10. The van der Waals surface area contributed by atoms with Crippen molar-refractivity contribution in [2.24, 2.45) is 0 Å². The van der Waals surface area contributed by atoms with Crippen LogP contribution in [0, 0.1) is 0 Å². The van der Waals surface area contributed by atoms with Crippen LogP contribution in [0.5, 0.6) is 17.2 Å². The highest BCUT2D eigenvalue weighted by molar-refractivity contribution is 5.37. The quantitative estimate of drug-likeness (QED) is 0.883.